The highest BCUT2D eigenvalue weighted by Crippen LogP contribution is 2.43. The molecule has 0 aliphatic carbocycles. The van der Waals surface area contributed by atoms with E-state index in [-0.39, 0.29) is 0 Å². The molecule has 0 atom stereocenters. The Bertz CT molecular complexity index is 3880. The SMILES string of the molecule is c1ccc(-c2nc(-c3cc4ccccc4c4oc5ccccc5c34)nc(-n3c4ccccc4c4cccc(-c5ccc6oc7c(-c8ccccc8)cccc7c6c5)c43)n2)cc1. The van der Waals surface area contributed by atoms with Gasteiger partial charge >= 0.3 is 0 Å². The van der Waals surface area contributed by atoms with E-state index in [1.54, 1.807) is 0 Å². The molecule has 0 amide bonds. The second-order valence-corrected chi connectivity index (χ2v) is 15.5. The Morgan fingerprint density at radius 3 is 1.85 bits per heavy atom. The van der Waals surface area contributed by atoms with E-state index in [9.17, 15) is 0 Å². The zero-order chi connectivity index (χ0) is 40.0. The number of fused-ring (bicyclic) bond motifs is 11. The number of benzene rings is 9. The number of para-hydroxylation sites is 4. The van der Waals surface area contributed by atoms with Crippen LogP contribution in [-0.4, -0.2) is 19.5 Å². The van der Waals surface area contributed by atoms with Crippen LogP contribution >= 0.6 is 0 Å². The molecule has 0 saturated heterocycles. The molecule has 6 heteroatoms. The lowest BCUT2D eigenvalue weighted by molar-refractivity contribution is 0.670. The summed E-state index contributed by atoms with van der Waals surface area (Å²) < 4.78 is 15.4. The molecule has 0 bridgehead atoms. The fraction of sp³-hybridized carbons (Fsp3) is 0. The van der Waals surface area contributed by atoms with Crippen molar-refractivity contribution in [2.45, 2.75) is 0 Å². The third-order valence-corrected chi connectivity index (χ3v) is 12.1. The van der Waals surface area contributed by atoms with E-state index in [1.165, 1.54) is 0 Å². The van der Waals surface area contributed by atoms with Crippen molar-refractivity contribution in [1.82, 2.24) is 19.5 Å². The first-order chi connectivity index (χ1) is 30.2. The average Bonchev–Trinajstić information content (AvgIpc) is 4.02. The summed E-state index contributed by atoms with van der Waals surface area (Å²) in [5.41, 5.74) is 11.5. The fourth-order valence-corrected chi connectivity index (χ4v) is 9.31. The largest absolute Gasteiger partial charge is 0.455 e. The van der Waals surface area contributed by atoms with Crippen molar-refractivity contribution in [3.63, 3.8) is 0 Å². The molecule has 13 rings (SSSR count). The number of rotatable bonds is 5. The summed E-state index contributed by atoms with van der Waals surface area (Å²) in [4.78, 5) is 16.0. The molecule has 0 saturated carbocycles. The Balaban J connectivity index is 1.10. The molecule has 0 spiro atoms. The number of aromatic nitrogens is 4. The van der Waals surface area contributed by atoms with Crippen molar-refractivity contribution in [3.05, 3.63) is 194 Å². The van der Waals surface area contributed by atoms with Gasteiger partial charge in [-0.1, -0.05) is 164 Å². The highest BCUT2D eigenvalue weighted by Gasteiger charge is 2.24. The van der Waals surface area contributed by atoms with E-state index >= 15 is 0 Å². The summed E-state index contributed by atoms with van der Waals surface area (Å²) >= 11 is 0. The Morgan fingerprint density at radius 1 is 0.361 bits per heavy atom. The van der Waals surface area contributed by atoms with Crippen LogP contribution in [0.3, 0.4) is 0 Å². The molecule has 9 aromatic carbocycles. The van der Waals surface area contributed by atoms with Crippen molar-refractivity contribution in [3.8, 4) is 51.0 Å². The number of furan rings is 2. The third kappa shape index (κ3) is 5.12. The predicted molar refractivity (Wildman–Crippen MR) is 248 cm³/mol. The normalized spacial score (nSPS) is 11.9. The summed E-state index contributed by atoms with van der Waals surface area (Å²) in [6.45, 7) is 0. The van der Waals surface area contributed by atoms with Crippen molar-refractivity contribution in [2.24, 2.45) is 0 Å². The Kier molecular flexibility index (Phi) is 7.21. The topological polar surface area (TPSA) is 69.9 Å². The third-order valence-electron chi connectivity index (χ3n) is 12.1. The molecule has 0 N–H and O–H groups in total. The second kappa shape index (κ2) is 13.1. The van der Waals surface area contributed by atoms with E-state index in [1.807, 2.05) is 36.4 Å². The van der Waals surface area contributed by atoms with E-state index < -0.39 is 0 Å². The first-order valence-electron chi connectivity index (χ1n) is 20.4. The van der Waals surface area contributed by atoms with Gasteiger partial charge in [0.1, 0.15) is 22.3 Å². The lowest BCUT2D eigenvalue weighted by Crippen LogP contribution is -2.07. The summed E-state index contributed by atoms with van der Waals surface area (Å²) in [6.07, 6.45) is 0. The van der Waals surface area contributed by atoms with E-state index in [0.29, 0.717) is 17.6 Å². The summed E-state index contributed by atoms with van der Waals surface area (Å²) in [5, 5.41) is 8.43. The minimum absolute atomic E-state index is 0.527. The van der Waals surface area contributed by atoms with Crippen LogP contribution in [0.4, 0.5) is 0 Å². The van der Waals surface area contributed by atoms with Gasteiger partial charge in [-0.25, -0.2) is 4.98 Å². The van der Waals surface area contributed by atoms with Gasteiger partial charge in [0.25, 0.3) is 0 Å². The summed E-state index contributed by atoms with van der Waals surface area (Å²) in [5.74, 6) is 1.67. The number of hydrogen-bond donors (Lipinski definition) is 0. The molecule has 0 fully saturated rings. The van der Waals surface area contributed by atoms with Crippen molar-refractivity contribution < 1.29 is 8.83 Å². The Morgan fingerprint density at radius 2 is 1.00 bits per heavy atom. The smallest absolute Gasteiger partial charge is 0.238 e. The first-order valence-corrected chi connectivity index (χ1v) is 20.4. The highest BCUT2D eigenvalue weighted by molar-refractivity contribution is 6.21. The van der Waals surface area contributed by atoms with Crippen LogP contribution in [0, 0.1) is 0 Å². The molecule has 284 valence electrons. The maximum Gasteiger partial charge on any atom is 0.238 e. The minimum atomic E-state index is 0.527. The standard InChI is InChI=1S/C55H32N4O2/c1-3-15-33(16-4-1)38-24-14-26-42-44-31-36(29-30-48(44)60-51(38)42)37-23-13-25-41-40-21-9-11-27-46(40)59(50(37)41)55-57-53(34-17-5-2-6-18-34)56-54(58-55)45-32-35-19-7-8-20-39(35)52-49(45)43-22-10-12-28-47(43)61-52/h1-32H. The molecule has 4 heterocycles. The zero-order valence-electron chi connectivity index (χ0n) is 32.6. The van der Waals surface area contributed by atoms with Gasteiger partial charge in [0.15, 0.2) is 11.6 Å². The van der Waals surface area contributed by atoms with E-state index in [2.05, 4.69) is 162 Å². The lowest BCUT2D eigenvalue weighted by Gasteiger charge is -2.14. The average molecular weight is 781 g/mol. The Labute approximate surface area is 348 Å². The van der Waals surface area contributed by atoms with Gasteiger partial charge in [-0.2, -0.15) is 9.97 Å². The molecular formula is C55H32N4O2. The van der Waals surface area contributed by atoms with Crippen LogP contribution < -0.4 is 0 Å². The van der Waals surface area contributed by atoms with Crippen LogP contribution in [0.5, 0.6) is 0 Å². The highest BCUT2D eigenvalue weighted by atomic mass is 16.3. The second-order valence-electron chi connectivity index (χ2n) is 15.5. The maximum absolute atomic E-state index is 6.62. The van der Waals surface area contributed by atoms with Gasteiger partial charge in [0, 0.05) is 60.0 Å². The molecule has 13 aromatic rings. The van der Waals surface area contributed by atoms with Crippen molar-refractivity contribution >= 4 is 76.5 Å². The quantitative estimate of drug-likeness (QED) is 0.174. The van der Waals surface area contributed by atoms with Gasteiger partial charge in [-0.05, 0) is 46.8 Å². The fourth-order valence-electron chi connectivity index (χ4n) is 9.31. The summed E-state index contributed by atoms with van der Waals surface area (Å²) in [7, 11) is 0. The van der Waals surface area contributed by atoms with Gasteiger partial charge in [-0.3, -0.25) is 4.57 Å². The lowest BCUT2D eigenvalue weighted by atomic mass is 9.99. The Hall–Kier alpha value is -8.35. The van der Waals surface area contributed by atoms with Crippen molar-refractivity contribution in [1.29, 1.82) is 0 Å². The number of hydrogen-bond acceptors (Lipinski definition) is 5. The molecular weight excluding hydrogens is 749 g/mol. The minimum Gasteiger partial charge on any atom is -0.455 e. The zero-order valence-corrected chi connectivity index (χ0v) is 32.6. The number of nitrogens with zero attached hydrogens (tertiary/aromatic N) is 4. The maximum atomic E-state index is 6.62. The monoisotopic (exact) mass is 780 g/mol. The molecule has 0 aliphatic heterocycles. The van der Waals surface area contributed by atoms with Crippen LogP contribution in [0.2, 0.25) is 0 Å². The van der Waals surface area contributed by atoms with E-state index in [0.717, 1.165) is 110 Å². The van der Waals surface area contributed by atoms with E-state index in [4.69, 9.17) is 23.8 Å². The van der Waals surface area contributed by atoms with Gasteiger partial charge in [0.2, 0.25) is 5.95 Å². The first kappa shape index (κ1) is 33.6. The van der Waals surface area contributed by atoms with Crippen LogP contribution in [0.15, 0.2) is 203 Å². The molecule has 61 heavy (non-hydrogen) atoms. The molecule has 0 radical (unpaired) electrons. The molecule has 4 aromatic heterocycles. The molecule has 0 aliphatic rings. The van der Waals surface area contributed by atoms with Gasteiger partial charge < -0.3 is 8.83 Å². The van der Waals surface area contributed by atoms with Gasteiger partial charge in [-0.15, -0.1) is 0 Å². The predicted octanol–water partition coefficient (Wildman–Crippen LogP) is 14.6. The molecule has 0 unspecified atom stereocenters. The van der Waals surface area contributed by atoms with Gasteiger partial charge in [0.05, 0.1) is 11.0 Å². The van der Waals surface area contributed by atoms with Crippen LogP contribution in [-0.2, 0) is 0 Å². The van der Waals surface area contributed by atoms with Crippen LogP contribution in [0.25, 0.3) is 127 Å². The van der Waals surface area contributed by atoms with Crippen molar-refractivity contribution in [2.75, 3.05) is 0 Å². The molecule has 6 nitrogen and oxygen atoms in total. The summed E-state index contributed by atoms with van der Waals surface area (Å²) in [6, 6.07) is 67.3. The van der Waals surface area contributed by atoms with Crippen LogP contribution in [0.1, 0.15) is 0 Å².